The first-order chi connectivity index (χ1) is 6.60. The second-order valence-corrected chi connectivity index (χ2v) is 3.58. The summed E-state index contributed by atoms with van der Waals surface area (Å²) in [6.45, 7) is 6.42. The highest BCUT2D eigenvalue weighted by atomic mass is 16.5. The molecular weight excluding hydrogens is 176 g/mol. The molecule has 14 heavy (non-hydrogen) atoms. The van der Waals surface area contributed by atoms with E-state index in [-0.39, 0.29) is 0 Å². The van der Waals surface area contributed by atoms with Crippen LogP contribution in [-0.4, -0.2) is 11.7 Å². The van der Waals surface area contributed by atoms with Crippen LogP contribution in [-0.2, 0) is 5.60 Å². The highest BCUT2D eigenvalue weighted by Gasteiger charge is 2.19. The number of benzene rings is 1. The van der Waals surface area contributed by atoms with E-state index in [1.807, 2.05) is 45.0 Å². The number of rotatable bonds is 4. The second kappa shape index (κ2) is 4.47. The maximum atomic E-state index is 9.97. The molecule has 0 amide bonds. The molecule has 0 radical (unpaired) electrons. The van der Waals surface area contributed by atoms with Crippen molar-refractivity contribution in [2.24, 2.45) is 0 Å². The van der Waals surface area contributed by atoms with Crippen molar-refractivity contribution in [2.45, 2.75) is 32.8 Å². The summed E-state index contributed by atoms with van der Waals surface area (Å²) in [5.41, 5.74) is 0.202. The van der Waals surface area contributed by atoms with E-state index in [1.165, 1.54) is 0 Å². The minimum absolute atomic E-state index is 0.670. The van der Waals surface area contributed by atoms with Crippen molar-refractivity contribution in [3.05, 3.63) is 29.8 Å². The highest BCUT2D eigenvalue weighted by molar-refractivity contribution is 5.30. The fourth-order valence-electron chi connectivity index (χ4n) is 1.28. The fourth-order valence-corrected chi connectivity index (χ4v) is 1.28. The lowest BCUT2D eigenvalue weighted by Crippen LogP contribution is -2.19. The van der Waals surface area contributed by atoms with Crippen LogP contribution in [0.2, 0.25) is 0 Å². The maximum Gasteiger partial charge on any atom is 0.119 e. The molecule has 1 aromatic carbocycles. The van der Waals surface area contributed by atoms with Gasteiger partial charge in [-0.05, 0) is 38.0 Å². The van der Waals surface area contributed by atoms with E-state index in [1.54, 1.807) is 0 Å². The quantitative estimate of drug-likeness (QED) is 0.798. The van der Waals surface area contributed by atoms with Crippen molar-refractivity contribution in [3.63, 3.8) is 0 Å². The first kappa shape index (κ1) is 11.1. The molecule has 0 aliphatic carbocycles. The van der Waals surface area contributed by atoms with Crippen molar-refractivity contribution in [1.82, 2.24) is 0 Å². The number of aliphatic hydroxyl groups is 1. The molecule has 78 valence electrons. The summed E-state index contributed by atoms with van der Waals surface area (Å²) in [4.78, 5) is 0. The van der Waals surface area contributed by atoms with Crippen molar-refractivity contribution in [1.29, 1.82) is 0 Å². The van der Waals surface area contributed by atoms with Gasteiger partial charge >= 0.3 is 0 Å². The Hall–Kier alpha value is -1.02. The second-order valence-electron chi connectivity index (χ2n) is 3.58. The third-order valence-electron chi connectivity index (χ3n) is 2.48. The molecule has 0 saturated heterocycles. The third kappa shape index (κ3) is 2.48. The maximum absolute atomic E-state index is 9.97. The first-order valence-electron chi connectivity index (χ1n) is 5.06. The molecule has 1 N–H and O–H groups in total. The smallest absolute Gasteiger partial charge is 0.119 e. The summed E-state index contributed by atoms with van der Waals surface area (Å²) < 4.78 is 5.33. The zero-order valence-corrected chi connectivity index (χ0v) is 9.08. The van der Waals surface area contributed by atoms with Gasteiger partial charge in [0.2, 0.25) is 0 Å². The van der Waals surface area contributed by atoms with Gasteiger partial charge in [0.25, 0.3) is 0 Å². The normalized spacial score (nSPS) is 14.9. The van der Waals surface area contributed by atoms with Crippen LogP contribution in [0.4, 0.5) is 0 Å². The van der Waals surface area contributed by atoms with Crippen LogP contribution in [0.3, 0.4) is 0 Å². The Morgan fingerprint density at radius 3 is 2.21 bits per heavy atom. The van der Waals surface area contributed by atoms with E-state index in [0.717, 1.165) is 11.3 Å². The van der Waals surface area contributed by atoms with Crippen molar-refractivity contribution in [2.75, 3.05) is 6.61 Å². The molecule has 1 rings (SSSR count). The third-order valence-corrected chi connectivity index (χ3v) is 2.48. The number of hydrogen-bond donors (Lipinski definition) is 1. The zero-order chi connectivity index (χ0) is 10.6. The molecule has 0 aliphatic heterocycles. The standard InChI is InChI=1S/C12H18O2/c1-4-12(3,13)10-6-8-11(9-7-10)14-5-2/h6-9,13H,4-5H2,1-3H3. The minimum Gasteiger partial charge on any atom is -0.494 e. The van der Waals surface area contributed by atoms with Crippen molar-refractivity contribution >= 4 is 0 Å². The van der Waals surface area contributed by atoms with Gasteiger partial charge in [0.05, 0.1) is 12.2 Å². The van der Waals surface area contributed by atoms with Gasteiger partial charge in [0.1, 0.15) is 5.75 Å². The van der Waals surface area contributed by atoms with Crippen molar-refractivity contribution in [3.8, 4) is 5.75 Å². The fraction of sp³-hybridized carbons (Fsp3) is 0.500. The zero-order valence-electron chi connectivity index (χ0n) is 9.08. The molecular formula is C12H18O2. The predicted octanol–water partition coefficient (Wildman–Crippen LogP) is 2.70. The van der Waals surface area contributed by atoms with Crippen LogP contribution in [0.25, 0.3) is 0 Å². The van der Waals surface area contributed by atoms with Crippen LogP contribution >= 0.6 is 0 Å². The summed E-state index contributed by atoms with van der Waals surface area (Å²) in [5, 5.41) is 9.97. The van der Waals surface area contributed by atoms with Gasteiger partial charge in [-0.2, -0.15) is 0 Å². The van der Waals surface area contributed by atoms with E-state index in [9.17, 15) is 5.11 Å². The van der Waals surface area contributed by atoms with Crippen LogP contribution in [0, 0.1) is 0 Å². The molecule has 2 heteroatoms. The number of ether oxygens (including phenoxy) is 1. The molecule has 1 atom stereocenters. The lowest BCUT2D eigenvalue weighted by molar-refractivity contribution is 0.0530. The topological polar surface area (TPSA) is 29.5 Å². The summed E-state index contributed by atoms with van der Waals surface area (Å²) >= 11 is 0. The number of hydrogen-bond acceptors (Lipinski definition) is 2. The van der Waals surface area contributed by atoms with Gasteiger partial charge in [-0.3, -0.25) is 0 Å². The van der Waals surface area contributed by atoms with Gasteiger partial charge in [-0.15, -0.1) is 0 Å². The molecule has 1 aromatic rings. The minimum atomic E-state index is -0.731. The summed E-state index contributed by atoms with van der Waals surface area (Å²) in [6, 6.07) is 7.61. The Morgan fingerprint density at radius 2 is 1.79 bits per heavy atom. The Bertz CT molecular complexity index is 275. The van der Waals surface area contributed by atoms with Gasteiger partial charge in [-0.25, -0.2) is 0 Å². The monoisotopic (exact) mass is 194 g/mol. The summed E-state index contributed by atoms with van der Waals surface area (Å²) in [6.07, 6.45) is 0.709. The van der Waals surface area contributed by atoms with E-state index >= 15 is 0 Å². The summed E-state index contributed by atoms with van der Waals surface area (Å²) in [7, 11) is 0. The Kier molecular flexibility index (Phi) is 3.53. The van der Waals surface area contributed by atoms with Crippen molar-refractivity contribution < 1.29 is 9.84 Å². The van der Waals surface area contributed by atoms with E-state index in [0.29, 0.717) is 13.0 Å². The molecule has 0 spiro atoms. The van der Waals surface area contributed by atoms with Gasteiger partial charge in [0.15, 0.2) is 0 Å². The molecule has 0 bridgehead atoms. The Morgan fingerprint density at radius 1 is 1.21 bits per heavy atom. The van der Waals surface area contributed by atoms with Crippen LogP contribution in [0.5, 0.6) is 5.75 Å². The molecule has 0 aromatic heterocycles. The summed E-state index contributed by atoms with van der Waals surface area (Å²) in [5.74, 6) is 0.850. The largest absolute Gasteiger partial charge is 0.494 e. The lowest BCUT2D eigenvalue weighted by atomic mass is 9.93. The van der Waals surface area contributed by atoms with Gasteiger partial charge in [-0.1, -0.05) is 19.1 Å². The lowest BCUT2D eigenvalue weighted by Gasteiger charge is -2.21. The molecule has 0 heterocycles. The van der Waals surface area contributed by atoms with Gasteiger partial charge in [0, 0.05) is 0 Å². The van der Waals surface area contributed by atoms with E-state index in [4.69, 9.17) is 4.74 Å². The van der Waals surface area contributed by atoms with Crippen LogP contribution in [0.1, 0.15) is 32.8 Å². The highest BCUT2D eigenvalue weighted by Crippen LogP contribution is 2.25. The SMILES string of the molecule is CCOc1ccc(C(C)(O)CC)cc1. The molecule has 2 nitrogen and oxygen atoms in total. The molecule has 0 aliphatic rings. The van der Waals surface area contributed by atoms with E-state index < -0.39 is 5.60 Å². The molecule has 1 unspecified atom stereocenters. The average molecular weight is 194 g/mol. The Balaban J connectivity index is 2.82. The average Bonchev–Trinajstić information content (AvgIpc) is 2.19. The predicted molar refractivity (Wildman–Crippen MR) is 57.5 cm³/mol. The first-order valence-corrected chi connectivity index (χ1v) is 5.06. The molecule has 0 saturated carbocycles. The van der Waals surface area contributed by atoms with Gasteiger partial charge < -0.3 is 9.84 Å². The Labute approximate surface area is 85.5 Å². The van der Waals surface area contributed by atoms with E-state index in [2.05, 4.69) is 0 Å². The van der Waals surface area contributed by atoms with Crippen LogP contribution in [0.15, 0.2) is 24.3 Å². The molecule has 0 fully saturated rings. The van der Waals surface area contributed by atoms with Crippen LogP contribution < -0.4 is 4.74 Å².